The van der Waals surface area contributed by atoms with Crippen molar-refractivity contribution in [3.63, 3.8) is 0 Å². The molecule has 6 aromatic rings. The van der Waals surface area contributed by atoms with Crippen molar-refractivity contribution >= 4 is 81.6 Å². The number of hydrogen-bond acceptors (Lipinski definition) is 29. The molecule has 31 nitrogen and oxygen atoms in total. The van der Waals surface area contributed by atoms with Crippen molar-refractivity contribution in [3.05, 3.63) is 126 Å². The highest BCUT2D eigenvalue weighted by Crippen LogP contribution is 2.37. The first-order valence-corrected chi connectivity index (χ1v) is 33.5. The Morgan fingerprint density at radius 3 is 1.40 bits per heavy atom. The number of nitrogen functional groups attached to an aromatic ring is 3. The van der Waals surface area contributed by atoms with Crippen LogP contribution in [0, 0.1) is 20.2 Å². The summed E-state index contributed by atoms with van der Waals surface area (Å²) in [6.45, 7) is 14.9. The number of carbonyl (C=O) groups excluding carboxylic acids is 3. The van der Waals surface area contributed by atoms with E-state index in [4.69, 9.17) is 45.6 Å². The molecule has 99 heavy (non-hydrogen) atoms. The van der Waals surface area contributed by atoms with Crippen LogP contribution in [0.25, 0.3) is 0 Å². The molecule has 1 amide bonds. The maximum Gasteiger partial charge on any atom is 0.353 e. The number of amides is 1. The topological polar surface area (TPSA) is 380 Å². The molecule has 0 unspecified atom stereocenters. The van der Waals surface area contributed by atoms with Crippen LogP contribution in [0.1, 0.15) is 94.6 Å². The molecule has 3 saturated heterocycles. The summed E-state index contributed by atoms with van der Waals surface area (Å²) in [5.74, 6) is -1.14. The van der Waals surface area contributed by atoms with E-state index in [1.807, 2.05) is 41.3 Å². The van der Waals surface area contributed by atoms with E-state index < -0.39 is 33.2 Å². The number of fused-ring (bicyclic) bond motifs is 1. The molecular weight excluding hydrogens is 1300 g/mol. The second-order valence-corrected chi connectivity index (χ2v) is 24.0. The number of carbonyl (C=O) groups is 3. The van der Waals surface area contributed by atoms with E-state index in [0.29, 0.717) is 36.4 Å². The Kier molecular flexibility index (Phi) is 31.6. The highest BCUT2D eigenvalue weighted by Gasteiger charge is 2.33. The number of nitrogens with two attached hydrogens (primary N) is 3. The van der Waals surface area contributed by atoms with Crippen molar-refractivity contribution in [2.45, 2.75) is 104 Å². The Balaban J connectivity index is 0.000000267. The van der Waals surface area contributed by atoms with Crippen molar-refractivity contribution in [2.75, 3.05) is 156 Å². The second kappa shape index (κ2) is 39.9. The number of nitrogens with zero attached hydrogens (tertiary/aromatic N) is 14. The van der Waals surface area contributed by atoms with Crippen LogP contribution in [-0.2, 0) is 72.6 Å². The van der Waals surface area contributed by atoms with Gasteiger partial charge in [0.15, 0.2) is 16.8 Å². The number of aromatic nitrogens is 6. The Morgan fingerprint density at radius 1 is 0.586 bits per heavy atom. The summed E-state index contributed by atoms with van der Waals surface area (Å²) in [5, 5.41) is 26.7. The number of likely N-dealkylation sites (tertiary alicyclic amines) is 3. The second-order valence-electron chi connectivity index (χ2n) is 23.3. The molecule has 33 heteroatoms. The first-order chi connectivity index (χ1) is 46.9. The van der Waals surface area contributed by atoms with Gasteiger partial charge in [0.2, 0.25) is 29.2 Å². The average molecular weight is 1400 g/mol. The summed E-state index contributed by atoms with van der Waals surface area (Å²) in [4.78, 5) is 96.6. The van der Waals surface area contributed by atoms with Gasteiger partial charge in [0.05, 0.1) is 42.8 Å². The van der Waals surface area contributed by atoms with Gasteiger partial charge in [0, 0.05) is 54.9 Å². The third-order valence-corrected chi connectivity index (χ3v) is 16.4. The number of halogens is 1. The number of hydrogen-bond donors (Lipinski definition) is 4. The summed E-state index contributed by atoms with van der Waals surface area (Å²) in [6.07, 6.45) is 9.11. The summed E-state index contributed by atoms with van der Waals surface area (Å²) in [7, 11) is 3.11. The van der Waals surface area contributed by atoms with E-state index in [1.165, 1.54) is 72.8 Å². The number of ether oxygens (including phenoxy) is 6. The zero-order chi connectivity index (χ0) is 69.2. The standard InChI is InChI=1S/C23H32N6O6.C21H28N6O4S.C21H28N6O3.CH4.FH.H2/c1-3-34-19(30)16-28(15-18-8-6-7-17(13-18)14-27-9-4-5-10-27)22-20(29(31)32)21(24)25-23(26-22)35-12-11-33-2;1-3-31-17(28)14-26(20-18(27(29)30)19(22)23-21(24-20)32-2)13-16-8-6-7-15(11-16)12-25-9-4-5-10-25;1-29-9-10-30-21-24-19(22)18-20(25-21)27(14-17(28)23-18)13-16-6-4-5-15(11-16)12-26-7-2-3-8-26;;;/h6-8,13H,3-5,9-12,14-16H2,1-2H3,(H2,24,25,26);6-8,11H,3-5,9-10,12-14H2,1-2H3,(H2,22,23,24);4-6,11H,2-3,7-10,12-14H2,1H3,(H,23,28)(H2,22,24,25);1H4;2*1H/i;;;;;1+1. The van der Waals surface area contributed by atoms with Crippen molar-refractivity contribution in [1.82, 2.24) is 44.6 Å². The number of nitro groups is 2. The number of benzene rings is 3. The molecule has 7 heterocycles. The monoisotopic (exact) mass is 1400 g/mol. The minimum absolute atomic E-state index is 0. The number of anilines is 7. The maximum absolute atomic E-state index is 12.4. The number of esters is 2. The molecule has 0 atom stereocenters. The normalized spacial score (nSPS) is 14.2. The van der Waals surface area contributed by atoms with Crippen LogP contribution in [0.15, 0.2) is 78.0 Å². The number of thioether (sulfide) groups is 1. The lowest BCUT2D eigenvalue weighted by Gasteiger charge is -2.30. The molecule has 3 aromatic carbocycles. The molecule has 3 aromatic heterocycles. The molecule has 0 spiro atoms. The first kappa shape index (κ1) is 78.6. The van der Waals surface area contributed by atoms with Crippen LogP contribution >= 0.6 is 11.8 Å². The third-order valence-electron chi connectivity index (χ3n) is 15.9. The molecule has 7 N–H and O–H groups in total. The summed E-state index contributed by atoms with van der Waals surface area (Å²) in [6, 6.07) is 24.4. The minimum Gasteiger partial charge on any atom is -0.465 e. The number of rotatable bonds is 31. The van der Waals surface area contributed by atoms with E-state index in [9.17, 15) is 34.6 Å². The Hall–Kier alpha value is -9.41. The van der Waals surface area contributed by atoms with Gasteiger partial charge in [0.25, 0.3) is 0 Å². The fourth-order valence-corrected chi connectivity index (χ4v) is 11.9. The average Bonchev–Trinajstić information content (AvgIpc) is 0.976. The van der Waals surface area contributed by atoms with Crippen LogP contribution in [0.4, 0.5) is 56.7 Å². The van der Waals surface area contributed by atoms with E-state index in [-0.39, 0.29) is 120 Å². The van der Waals surface area contributed by atoms with E-state index >= 15 is 0 Å². The summed E-state index contributed by atoms with van der Waals surface area (Å²) < 4.78 is 31.1. The maximum atomic E-state index is 12.4. The molecule has 0 aliphatic carbocycles. The Bertz CT molecular complexity index is 3630. The summed E-state index contributed by atoms with van der Waals surface area (Å²) in [5.41, 5.74) is 23.8. The predicted molar refractivity (Wildman–Crippen MR) is 378 cm³/mol. The largest absolute Gasteiger partial charge is 0.465 e. The lowest BCUT2D eigenvalue weighted by atomic mass is 10.1. The predicted octanol–water partition coefficient (Wildman–Crippen LogP) is 7.69. The van der Waals surface area contributed by atoms with Crippen molar-refractivity contribution in [1.29, 1.82) is 0 Å². The number of methoxy groups -OCH3 is 2. The molecule has 10 rings (SSSR count). The van der Waals surface area contributed by atoms with Crippen LogP contribution in [-0.4, -0.2) is 191 Å². The lowest BCUT2D eigenvalue weighted by Crippen LogP contribution is -2.39. The van der Waals surface area contributed by atoms with E-state index in [2.05, 4.69) is 86.3 Å². The molecule has 540 valence electrons. The molecule has 4 aliphatic rings. The van der Waals surface area contributed by atoms with Crippen molar-refractivity contribution in [2.24, 2.45) is 0 Å². The van der Waals surface area contributed by atoms with Gasteiger partial charge < -0.3 is 65.6 Å². The first-order valence-electron chi connectivity index (χ1n) is 32.3. The zero-order valence-electron chi connectivity index (χ0n) is 56.1. The van der Waals surface area contributed by atoms with Gasteiger partial charge in [-0.3, -0.25) is 54.0 Å². The van der Waals surface area contributed by atoms with Gasteiger partial charge in [-0.1, -0.05) is 92.0 Å². The number of nitrogens with one attached hydrogen (secondary N) is 1. The third kappa shape index (κ3) is 23.6. The molecule has 0 bridgehead atoms. The molecule has 0 saturated carbocycles. The molecule has 0 radical (unpaired) electrons. The van der Waals surface area contributed by atoms with Gasteiger partial charge in [-0.15, -0.1) is 0 Å². The quantitative estimate of drug-likeness (QED) is 0.00809. The SMILES string of the molecule is C.CCOC(=O)CN(Cc1cccc(CN2CCCC2)c1)c1nc(OCCOC)nc(N)c1[N+](=O)[O-].CCOC(=O)CN(Cc1cccc(CN2CCCC2)c1)c1nc(SC)nc(N)c1[N+](=O)[O-].COCCOc1nc(N)c2c(n1)N(Cc1cccc(CN3CCCC3)c1)CC(=O)N2.F.[2HH]. The van der Waals surface area contributed by atoms with Gasteiger partial charge in [0.1, 0.15) is 32.0 Å². The van der Waals surface area contributed by atoms with Crippen LogP contribution in [0.3, 0.4) is 0 Å². The molecule has 3 fully saturated rings. The Labute approximate surface area is 581 Å². The van der Waals surface area contributed by atoms with Crippen LogP contribution in [0.2, 0.25) is 0 Å². The highest BCUT2D eigenvalue weighted by atomic mass is 32.2. The van der Waals surface area contributed by atoms with E-state index in [1.54, 1.807) is 27.2 Å². The highest BCUT2D eigenvalue weighted by molar-refractivity contribution is 7.98. The minimum atomic E-state index is -0.661. The lowest BCUT2D eigenvalue weighted by molar-refractivity contribution is -0.383. The molecular formula is C66H95FN18O13S. The zero-order valence-corrected chi connectivity index (χ0v) is 57.0. The van der Waals surface area contributed by atoms with Gasteiger partial charge in [-0.25, -0.2) is 0 Å². The Morgan fingerprint density at radius 2 is 0.980 bits per heavy atom. The molecule has 4 aliphatic heterocycles. The van der Waals surface area contributed by atoms with Crippen molar-refractivity contribution < 1.29 is 58.8 Å². The van der Waals surface area contributed by atoms with Gasteiger partial charge >= 0.3 is 35.3 Å². The summed E-state index contributed by atoms with van der Waals surface area (Å²) >= 11 is 1.22. The van der Waals surface area contributed by atoms with Gasteiger partial charge in [-0.05, 0) is 131 Å². The van der Waals surface area contributed by atoms with Crippen LogP contribution in [0.5, 0.6) is 12.0 Å². The van der Waals surface area contributed by atoms with Crippen LogP contribution < -0.4 is 46.7 Å². The fraction of sp³-hybridized carbons (Fsp3) is 0.500. The smallest absolute Gasteiger partial charge is 0.353 e. The fourth-order valence-electron chi connectivity index (χ4n) is 11.5. The van der Waals surface area contributed by atoms with Gasteiger partial charge in [-0.2, -0.15) is 29.9 Å². The van der Waals surface area contributed by atoms with Crippen molar-refractivity contribution in [3.8, 4) is 12.0 Å². The van der Waals surface area contributed by atoms with E-state index in [0.717, 1.165) is 86.7 Å².